The standard InChI is InChI=1S/C21H24N6O6/c1-33-15-7-5-13(6-8-15)25-20(32)16(10-18(29)30)27-17(28)11-24-19(31)12-3-2-4-14(9-12)26-21(22)23/h2-9,16H,10-11H2,1H3,(H,24,31)(H,25,32)(H,27,28)(H,29,30)(H4,22,23,26)/t16-/m0/s1. The summed E-state index contributed by atoms with van der Waals surface area (Å²) in [6.45, 7) is -0.489. The fourth-order valence-corrected chi connectivity index (χ4v) is 2.66. The predicted octanol–water partition coefficient (Wildman–Crippen LogP) is -0.0719. The van der Waals surface area contributed by atoms with Crippen molar-refractivity contribution in [2.24, 2.45) is 16.5 Å². The SMILES string of the molecule is COc1ccc(NC(=O)[C@H](CC(=O)O)NC(=O)CNC(=O)c2cccc(N=C(N)N)c2)cc1. The lowest BCUT2D eigenvalue weighted by molar-refractivity contribution is -0.139. The quantitative estimate of drug-likeness (QED) is 0.211. The molecule has 0 heterocycles. The molecule has 0 aliphatic heterocycles. The van der Waals surface area contributed by atoms with Crippen LogP contribution in [0.1, 0.15) is 16.8 Å². The van der Waals surface area contributed by atoms with Gasteiger partial charge in [0.15, 0.2) is 5.96 Å². The zero-order valence-electron chi connectivity index (χ0n) is 17.7. The van der Waals surface area contributed by atoms with Crippen LogP contribution < -0.4 is 32.2 Å². The molecule has 0 aliphatic rings. The molecule has 0 aromatic heterocycles. The van der Waals surface area contributed by atoms with Gasteiger partial charge in [-0.1, -0.05) is 6.07 Å². The van der Waals surface area contributed by atoms with Crippen LogP contribution in [-0.2, 0) is 14.4 Å². The van der Waals surface area contributed by atoms with Crippen molar-refractivity contribution in [3.8, 4) is 5.75 Å². The van der Waals surface area contributed by atoms with E-state index in [9.17, 15) is 19.2 Å². The van der Waals surface area contributed by atoms with Crippen molar-refractivity contribution < 1.29 is 29.0 Å². The molecule has 0 fully saturated rings. The number of ether oxygens (including phenoxy) is 1. The van der Waals surface area contributed by atoms with E-state index in [-0.39, 0.29) is 11.5 Å². The summed E-state index contributed by atoms with van der Waals surface area (Å²) in [6.07, 6.45) is -0.651. The molecule has 0 bridgehead atoms. The number of anilines is 1. The average Bonchev–Trinajstić information content (AvgIpc) is 2.77. The minimum atomic E-state index is -1.36. The lowest BCUT2D eigenvalue weighted by Gasteiger charge is -2.17. The van der Waals surface area contributed by atoms with Crippen LogP contribution in [0.3, 0.4) is 0 Å². The largest absolute Gasteiger partial charge is 0.497 e. The van der Waals surface area contributed by atoms with Gasteiger partial charge < -0.3 is 37.3 Å². The maximum atomic E-state index is 12.5. The number of methoxy groups -OCH3 is 1. The van der Waals surface area contributed by atoms with Crippen LogP contribution >= 0.6 is 0 Å². The highest BCUT2D eigenvalue weighted by Crippen LogP contribution is 2.16. The molecule has 0 unspecified atom stereocenters. The second kappa shape index (κ2) is 11.7. The summed E-state index contributed by atoms with van der Waals surface area (Å²) in [4.78, 5) is 52.0. The van der Waals surface area contributed by atoms with Crippen molar-refractivity contribution in [3.05, 3.63) is 54.1 Å². The minimum Gasteiger partial charge on any atom is -0.497 e. The van der Waals surface area contributed by atoms with Gasteiger partial charge in [-0.3, -0.25) is 19.2 Å². The molecule has 33 heavy (non-hydrogen) atoms. The number of aliphatic carboxylic acids is 1. The van der Waals surface area contributed by atoms with Gasteiger partial charge in [-0.05, 0) is 42.5 Å². The Hall–Kier alpha value is -4.61. The number of nitrogens with one attached hydrogen (secondary N) is 3. The first-order valence-electron chi connectivity index (χ1n) is 9.62. The van der Waals surface area contributed by atoms with E-state index >= 15 is 0 Å². The first-order valence-corrected chi connectivity index (χ1v) is 9.62. The number of aliphatic imine (C=N–C) groups is 1. The Kier molecular flexibility index (Phi) is 8.74. The second-order valence-electron chi connectivity index (χ2n) is 6.71. The number of nitrogens with two attached hydrogens (primary N) is 2. The summed E-state index contributed by atoms with van der Waals surface area (Å²) < 4.78 is 5.03. The van der Waals surface area contributed by atoms with E-state index in [4.69, 9.17) is 21.3 Å². The third-order valence-corrected chi connectivity index (χ3v) is 4.16. The van der Waals surface area contributed by atoms with Crippen LogP contribution in [0.5, 0.6) is 5.75 Å². The highest BCUT2D eigenvalue weighted by molar-refractivity contribution is 6.00. The van der Waals surface area contributed by atoms with Crippen LogP contribution in [0, 0.1) is 0 Å². The smallest absolute Gasteiger partial charge is 0.305 e. The molecule has 12 heteroatoms. The fraction of sp³-hybridized carbons (Fsp3) is 0.190. The summed E-state index contributed by atoms with van der Waals surface area (Å²) in [7, 11) is 1.49. The zero-order chi connectivity index (χ0) is 24.4. The number of guanidine groups is 1. The van der Waals surface area contributed by atoms with Gasteiger partial charge in [-0.2, -0.15) is 0 Å². The van der Waals surface area contributed by atoms with Crippen molar-refractivity contribution in [1.29, 1.82) is 0 Å². The van der Waals surface area contributed by atoms with Gasteiger partial charge >= 0.3 is 5.97 Å². The van der Waals surface area contributed by atoms with E-state index < -0.39 is 42.7 Å². The Bertz CT molecular complexity index is 1050. The molecular formula is C21H24N6O6. The van der Waals surface area contributed by atoms with Crippen LogP contribution in [0.15, 0.2) is 53.5 Å². The van der Waals surface area contributed by atoms with Gasteiger partial charge in [0, 0.05) is 11.3 Å². The third kappa shape index (κ3) is 8.20. The van der Waals surface area contributed by atoms with Crippen LogP contribution in [0.4, 0.5) is 11.4 Å². The lowest BCUT2D eigenvalue weighted by atomic mass is 10.1. The monoisotopic (exact) mass is 456 g/mol. The Morgan fingerprint density at radius 3 is 2.39 bits per heavy atom. The molecule has 8 N–H and O–H groups in total. The van der Waals surface area contributed by atoms with Crippen molar-refractivity contribution in [2.75, 3.05) is 19.0 Å². The topological polar surface area (TPSA) is 198 Å². The molecule has 0 spiro atoms. The van der Waals surface area contributed by atoms with Gasteiger partial charge in [0.25, 0.3) is 5.91 Å². The molecule has 2 aromatic rings. The summed E-state index contributed by atoms with van der Waals surface area (Å²) >= 11 is 0. The molecule has 3 amide bonds. The van der Waals surface area contributed by atoms with E-state index in [0.717, 1.165) is 0 Å². The molecule has 2 aromatic carbocycles. The number of carbonyl (C=O) groups excluding carboxylic acids is 3. The van der Waals surface area contributed by atoms with E-state index in [1.807, 2.05) is 0 Å². The number of nitrogens with zero attached hydrogens (tertiary/aromatic N) is 1. The Labute approximate surface area is 189 Å². The molecule has 0 radical (unpaired) electrons. The van der Waals surface area contributed by atoms with Crippen LogP contribution in [-0.4, -0.2) is 54.5 Å². The van der Waals surface area contributed by atoms with Gasteiger partial charge in [-0.25, -0.2) is 4.99 Å². The molecular weight excluding hydrogens is 432 g/mol. The number of benzene rings is 2. The number of rotatable bonds is 10. The van der Waals surface area contributed by atoms with Gasteiger partial charge in [-0.15, -0.1) is 0 Å². The van der Waals surface area contributed by atoms with E-state index in [0.29, 0.717) is 17.1 Å². The summed E-state index contributed by atoms with van der Waals surface area (Å²) in [6, 6.07) is 11.0. The summed E-state index contributed by atoms with van der Waals surface area (Å²) in [5.74, 6) is -2.96. The minimum absolute atomic E-state index is 0.177. The molecule has 174 valence electrons. The van der Waals surface area contributed by atoms with Crippen LogP contribution in [0.2, 0.25) is 0 Å². The van der Waals surface area contributed by atoms with Crippen molar-refractivity contribution in [3.63, 3.8) is 0 Å². The zero-order valence-corrected chi connectivity index (χ0v) is 17.7. The number of hydrogen-bond acceptors (Lipinski definition) is 6. The lowest BCUT2D eigenvalue weighted by Crippen LogP contribution is -2.48. The van der Waals surface area contributed by atoms with E-state index in [2.05, 4.69) is 20.9 Å². The van der Waals surface area contributed by atoms with Crippen molar-refractivity contribution in [1.82, 2.24) is 10.6 Å². The van der Waals surface area contributed by atoms with Crippen molar-refractivity contribution >= 4 is 41.0 Å². The first kappa shape index (κ1) is 24.7. The van der Waals surface area contributed by atoms with Crippen LogP contribution in [0.25, 0.3) is 0 Å². The average molecular weight is 456 g/mol. The van der Waals surface area contributed by atoms with E-state index in [1.165, 1.54) is 19.2 Å². The fourth-order valence-electron chi connectivity index (χ4n) is 2.66. The Morgan fingerprint density at radius 2 is 1.79 bits per heavy atom. The Balaban J connectivity index is 1.97. The number of amides is 3. The molecule has 12 nitrogen and oxygen atoms in total. The number of carboxylic acids is 1. The summed E-state index contributed by atoms with van der Waals surface area (Å²) in [5.41, 5.74) is 11.6. The number of carboxylic acid groups (broad SMARTS) is 1. The molecule has 0 saturated carbocycles. The second-order valence-corrected chi connectivity index (χ2v) is 6.71. The maximum Gasteiger partial charge on any atom is 0.305 e. The normalized spacial score (nSPS) is 10.9. The third-order valence-electron chi connectivity index (χ3n) is 4.16. The van der Waals surface area contributed by atoms with Crippen molar-refractivity contribution in [2.45, 2.75) is 12.5 Å². The Morgan fingerprint density at radius 1 is 1.09 bits per heavy atom. The predicted molar refractivity (Wildman–Crippen MR) is 120 cm³/mol. The number of hydrogen-bond donors (Lipinski definition) is 6. The van der Waals surface area contributed by atoms with Gasteiger partial charge in [0.2, 0.25) is 11.8 Å². The van der Waals surface area contributed by atoms with Gasteiger partial charge in [0.1, 0.15) is 11.8 Å². The molecule has 0 aliphatic carbocycles. The summed E-state index contributed by atoms with van der Waals surface area (Å²) in [5, 5.41) is 16.3. The highest BCUT2D eigenvalue weighted by Gasteiger charge is 2.24. The van der Waals surface area contributed by atoms with Gasteiger partial charge in [0.05, 0.1) is 25.8 Å². The number of carbonyl (C=O) groups is 4. The molecule has 1 atom stereocenters. The van der Waals surface area contributed by atoms with E-state index in [1.54, 1.807) is 36.4 Å². The first-order chi connectivity index (χ1) is 15.7. The molecule has 2 rings (SSSR count). The molecule has 0 saturated heterocycles. The highest BCUT2D eigenvalue weighted by atomic mass is 16.5. The maximum absolute atomic E-state index is 12.5.